The lowest BCUT2D eigenvalue weighted by molar-refractivity contribution is -0.112. The molecule has 0 aliphatic heterocycles. The van der Waals surface area contributed by atoms with Gasteiger partial charge in [-0.3, -0.25) is 4.79 Å². The van der Waals surface area contributed by atoms with Crippen LogP contribution in [0.15, 0.2) is 77.3 Å². The van der Waals surface area contributed by atoms with Gasteiger partial charge in [-0.25, -0.2) is 4.39 Å². The van der Waals surface area contributed by atoms with Crippen LogP contribution in [0.25, 0.3) is 6.08 Å². The number of nitriles is 1. The van der Waals surface area contributed by atoms with Gasteiger partial charge in [0.2, 0.25) is 0 Å². The summed E-state index contributed by atoms with van der Waals surface area (Å²) in [5, 5.41) is 12.9. The average Bonchev–Trinajstić information content (AvgIpc) is 2.81. The molecule has 0 bridgehead atoms. The number of rotatable bonds is 8. The van der Waals surface area contributed by atoms with Crippen LogP contribution >= 0.6 is 27.5 Å². The topological polar surface area (TPSA) is 62.1 Å². The third kappa shape index (κ3) is 6.34. The van der Waals surface area contributed by atoms with Crippen molar-refractivity contribution >= 4 is 45.2 Å². The minimum Gasteiger partial charge on any atom is -0.487 e. The molecule has 0 unspecified atom stereocenters. The van der Waals surface area contributed by atoms with Gasteiger partial charge in [-0.15, -0.1) is 6.58 Å². The van der Waals surface area contributed by atoms with Crippen molar-refractivity contribution in [3.05, 3.63) is 110 Å². The molecular weight excluding hydrogens is 519 g/mol. The predicted octanol–water partition coefficient (Wildman–Crippen LogP) is 7.40. The van der Waals surface area contributed by atoms with Gasteiger partial charge in [0.05, 0.1) is 4.47 Å². The number of amides is 1. The number of carbonyl (C=O) groups is 1. The van der Waals surface area contributed by atoms with E-state index >= 15 is 0 Å². The van der Waals surface area contributed by atoms with Gasteiger partial charge < -0.3 is 10.1 Å². The fourth-order valence-corrected chi connectivity index (χ4v) is 4.02. The van der Waals surface area contributed by atoms with Gasteiger partial charge in [0.15, 0.2) is 0 Å². The van der Waals surface area contributed by atoms with Gasteiger partial charge in [-0.1, -0.05) is 35.9 Å². The zero-order valence-electron chi connectivity index (χ0n) is 18.4. The Hall–Kier alpha value is -3.40. The van der Waals surface area contributed by atoms with Crippen molar-refractivity contribution in [2.45, 2.75) is 20.0 Å². The van der Waals surface area contributed by atoms with Crippen molar-refractivity contribution in [2.75, 3.05) is 5.32 Å². The number of halogens is 3. The minimum absolute atomic E-state index is 0.0594. The van der Waals surface area contributed by atoms with E-state index in [-0.39, 0.29) is 18.0 Å². The first-order valence-corrected chi connectivity index (χ1v) is 11.5. The Labute approximate surface area is 211 Å². The van der Waals surface area contributed by atoms with Crippen LogP contribution in [0.1, 0.15) is 22.3 Å². The second-order valence-corrected chi connectivity index (χ2v) is 8.70. The lowest BCUT2D eigenvalue weighted by Gasteiger charge is -2.14. The number of nitrogens with zero attached hydrogens (tertiary/aromatic N) is 1. The third-order valence-electron chi connectivity index (χ3n) is 5.00. The van der Waals surface area contributed by atoms with Gasteiger partial charge in [-0.2, -0.15) is 5.26 Å². The summed E-state index contributed by atoms with van der Waals surface area (Å²) >= 11 is 9.65. The van der Waals surface area contributed by atoms with Crippen LogP contribution in [0, 0.1) is 24.1 Å². The SMILES string of the molecule is C=CCc1cc(/C=C(/C#N)C(=O)Nc2cccc(Cl)c2C)cc(Br)c1OCc1ccc(F)cc1. The molecule has 1 N–H and O–H groups in total. The lowest BCUT2D eigenvalue weighted by Crippen LogP contribution is -2.14. The second-order valence-electron chi connectivity index (χ2n) is 7.44. The van der Waals surface area contributed by atoms with Crippen molar-refractivity contribution in [1.29, 1.82) is 5.26 Å². The molecule has 0 aliphatic rings. The van der Waals surface area contributed by atoms with Crippen LogP contribution < -0.4 is 10.1 Å². The lowest BCUT2D eigenvalue weighted by atomic mass is 10.0. The summed E-state index contributed by atoms with van der Waals surface area (Å²) in [7, 11) is 0. The maximum atomic E-state index is 13.2. The number of allylic oxidation sites excluding steroid dienone is 1. The molecule has 0 atom stereocenters. The van der Waals surface area contributed by atoms with Crippen molar-refractivity contribution in [2.24, 2.45) is 0 Å². The Morgan fingerprint density at radius 1 is 1.26 bits per heavy atom. The maximum Gasteiger partial charge on any atom is 0.266 e. The minimum atomic E-state index is -0.536. The van der Waals surface area contributed by atoms with Crippen molar-refractivity contribution < 1.29 is 13.9 Å². The molecule has 172 valence electrons. The molecule has 0 fully saturated rings. The third-order valence-corrected chi connectivity index (χ3v) is 5.99. The second kappa shape index (κ2) is 11.6. The molecule has 0 saturated carbocycles. The van der Waals surface area contributed by atoms with Gasteiger partial charge in [0.25, 0.3) is 5.91 Å². The molecule has 4 nitrogen and oxygen atoms in total. The Morgan fingerprint density at radius 2 is 2.00 bits per heavy atom. The van der Waals surface area contributed by atoms with Crippen LogP contribution in [0.3, 0.4) is 0 Å². The van der Waals surface area contributed by atoms with Crippen LogP contribution in [0.4, 0.5) is 10.1 Å². The number of ether oxygens (including phenoxy) is 1. The first-order valence-electron chi connectivity index (χ1n) is 10.3. The summed E-state index contributed by atoms with van der Waals surface area (Å²) in [4.78, 5) is 12.7. The summed E-state index contributed by atoms with van der Waals surface area (Å²) in [6.07, 6.45) is 3.75. The predicted molar refractivity (Wildman–Crippen MR) is 137 cm³/mol. The molecule has 0 spiro atoms. The van der Waals surface area contributed by atoms with Gasteiger partial charge in [-0.05, 0) is 94.0 Å². The van der Waals surface area contributed by atoms with E-state index in [0.717, 1.165) is 11.1 Å². The van der Waals surface area contributed by atoms with Crippen molar-refractivity contribution in [3.63, 3.8) is 0 Å². The zero-order valence-corrected chi connectivity index (χ0v) is 20.7. The maximum absolute atomic E-state index is 13.2. The first-order chi connectivity index (χ1) is 16.3. The van der Waals surface area contributed by atoms with Gasteiger partial charge in [0, 0.05) is 10.7 Å². The monoisotopic (exact) mass is 538 g/mol. The highest BCUT2D eigenvalue weighted by molar-refractivity contribution is 9.10. The molecule has 0 saturated heterocycles. The fraction of sp³-hybridized carbons (Fsp3) is 0.111. The number of anilines is 1. The Morgan fingerprint density at radius 3 is 2.68 bits per heavy atom. The molecule has 34 heavy (non-hydrogen) atoms. The Bertz CT molecular complexity index is 1300. The van der Waals surface area contributed by atoms with E-state index in [1.165, 1.54) is 18.2 Å². The van der Waals surface area contributed by atoms with E-state index in [0.29, 0.717) is 38.5 Å². The number of carbonyl (C=O) groups excluding carboxylic acids is 1. The summed E-state index contributed by atoms with van der Waals surface area (Å²) in [6, 6.07) is 16.8. The zero-order chi connectivity index (χ0) is 24.7. The summed E-state index contributed by atoms with van der Waals surface area (Å²) < 4.78 is 19.8. The summed E-state index contributed by atoms with van der Waals surface area (Å²) in [6.45, 7) is 5.84. The molecule has 3 rings (SSSR count). The standard InChI is InChI=1S/C27H21BrClFN2O2/c1-3-5-20-12-19(14-23(28)26(20)34-16-18-8-10-22(30)11-9-18)13-21(15-31)27(33)32-25-7-4-6-24(29)17(25)2/h3-4,6-14H,1,5,16H2,2H3,(H,32,33)/b21-13-. The summed E-state index contributed by atoms with van der Waals surface area (Å²) in [5.74, 6) is -0.235. The van der Waals surface area contributed by atoms with Crippen LogP contribution in [0.2, 0.25) is 5.02 Å². The molecule has 7 heteroatoms. The molecular formula is C27H21BrClFN2O2. The molecule has 1 amide bonds. The van der Waals surface area contributed by atoms with Crippen LogP contribution in [-0.2, 0) is 17.8 Å². The molecule has 3 aromatic rings. The normalized spacial score (nSPS) is 11.0. The largest absolute Gasteiger partial charge is 0.487 e. The van der Waals surface area contributed by atoms with E-state index in [9.17, 15) is 14.4 Å². The number of nitrogens with one attached hydrogen (secondary N) is 1. The molecule has 0 aromatic heterocycles. The fourth-order valence-electron chi connectivity index (χ4n) is 3.21. The molecule has 0 heterocycles. The van der Waals surface area contributed by atoms with Crippen LogP contribution in [0.5, 0.6) is 5.75 Å². The quantitative estimate of drug-likeness (QED) is 0.184. The summed E-state index contributed by atoms with van der Waals surface area (Å²) in [5.41, 5.74) is 3.48. The Kier molecular flexibility index (Phi) is 8.64. The highest BCUT2D eigenvalue weighted by Crippen LogP contribution is 2.33. The average molecular weight is 540 g/mol. The smallest absolute Gasteiger partial charge is 0.266 e. The van der Waals surface area contributed by atoms with E-state index < -0.39 is 5.91 Å². The highest BCUT2D eigenvalue weighted by Gasteiger charge is 2.14. The molecule has 0 radical (unpaired) electrons. The van der Waals surface area contributed by atoms with Crippen molar-refractivity contribution in [3.8, 4) is 11.8 Å². The molecule has 0 aliphatic carbocycles. The van der Waals surface area contributed by atoms with E-state index in [4.69, 9.17) is 16.3 Å². The van der Waals surface area contributed by atoms with E-state index in [2.05, 4.69) is 27.8 Å². The van der Waals surface area contributed by atoms with Gasteiger partial charge in [0.1, 0.15) is 29.8 Å². The number of hydrogen-bond donors (Lipinski definition) is 1. The Balaban J connectivity index is 1.86. The van der Waals surface area contributed by atoms with Crippen LogP contribution in [-0.4, -0.2) is 5.91 Å². The molecule has 3 aromatic carbocycles. The highest BCUT2D eigenvalue weighted by atomic mass is 79.9. The van der Waals surface area contributed by atoms with Crippen molar-refractivity contribution in [1.82, 2.24) is 0 Å². The van der Waals surface area contributed by atoms with Gasteiger partial charge >= 0.3 is 0 Å². The first kappa shape index (κ1) is 25.2. The van der Waals surface area contributed by atoms with E-state index in [1.807, 2.05) is 12.1 Å². The number of benzene rings is 3. The number of hydrogen-bond acceptors (Lipinski definition) is 3. The van der Waals surface area contributed by atoms with E-state index in [1.54, 1.807) is 49.4 Å².